The molecule has 0 radical (unpaired) electrons. The number of carbonyl (C=O) groups excluding carboxylic acids is 2. The average molecular weight is 422 g/mol. The van der Waals surface area contributed by atoms with Crippen molar-refractivity contribution in [2.75, 3.05) is 5.75 Å². The number of aliphatic hydroxyl groups is 1. The van der Waals surface area contributed by atoms with E-state index in [-0.39, 0.29) is 23.7 Å². The number of rotatable bonds is 1. The van der Waals surface area contributed by atoms with Gasteiger partial charge >= 0.3 is 5.97 Å². The lowest BCUT2D eigenvalue weighted by Crippen LogP contribution is -2.58. The molecule has 1 amide bonds. The van der Waals surface area contributed by atoms with E-state index in [2.05, 4.69) is 30.5 Å². The Labute approximate surface area is 176 Å². The van der Waals surface area contributed by atoms with E-state index in [0.717, 1.165) is 43.0 Å². The zero-order chi connectivity index (χ0) is 20.9. The van der Waals surface area contributed by atoms with Crippen molar-refractivity contribution in [2.45, 2.75) is 76.4 Å². The van der Waals surface area contributed by atoms with Crippen molar-refractivity contribution in [3.63, 3.8) is 0 Å². The molecule has 5 atom stereocenters. The lowest BCUT2D eigenvalue weighted by atomic mass is 9.90. The molecule has 2 saturated heterocycles. The Hall–Kier alpha value is -1.57. The number of nitrogens with one attached hydrogen (secondary N) is 1. The van der Waals surface area contributed by atoms with E-state index >= 15 is 0 Å². The molecule has 6 nitrogen and oxygen atoms in total. The van der Waals surface area contributed by atoms with Crippen LogP contribution in [0, 0.1) is 5.92 Å². The number of allylic oxidation sites excluding steroid dienone is 5. The van der Waals surface area contributed by atoms with Crippen LogP contribution in [0.25, 0.3) is 0 Å². The molecule has 2 N–H and O–H groups in total. The largest absolute Gasteiger partial charge is 0.459 e. The Bertz CT molecular complexity index is 703. The van der Waals surface area contributed by atoms with Crippen LogP contribution >= 0.6 is 11.8 Å². The highest BCUT2D eigenvalue weighted by atomic mass is 32.2. The van der Waals surface area contributed by atoms with Crippen molar-refractivity contribution in [3.8, 4) is 0 Å². The fourth-order valence-electron chi connectivity index (χ4n) is 3.96. The molecule has 3 aliphatic heterocycles. The molecule has 0 aromatic rings. The third-order valence-electron chi connectivity index (χ3n) is 5.62. The molecular weight excluding hydrogens is 390 g/mol. The quantitative estimate of drug-likeness (QED) is 0.626. The first-order valence-electron chi connectivity index (χ1n) is 10.4. The Morgan fingerprint density at radius 3 is 2.83 bits per heavy atom. The van der Waals surface area contributed by atoms with Crippen molar-refractivity contribution in [1.82, 2.24) is 5.32 Å². The van der Waals surface area contributed by atoms with Gasteiger partial charge < -0.3 is 19.9 Å². The highest BCUT2D eigenvalue weighted by Gasteiger charge is 2.49. The standard InChI is InChI=1S/C22H31NO5S/c1-15-7-5-3-4-6-8-16(2)11-20(24)27-18-12-17(10-9-15)28-22(26,13-18)19-14-29-21(25)23-19/h3-5,7,11,15,17-19,26H,6,8-10,12-14H2,1-2H3,(H,23,25)/t15-,17-,18-,19+,22-/m1/s1. The molecule has 7 heteroatoms. The molecule has 0 aromatic carbocycles. The fourth-order valence-corrected chi connectivity index (χ4v) is 4.85. The van der Waals surface area contributed by atoms with Crippen molar-refractivity contribution >= 4 is 23.0 Å². The van der Waals surface area contributed by atoms with Crippen LogP contribution in [0.3, 0.4) is 0 Å². The molecule has 0 unspecified atom stereocenters. The van der Waals surface area contributed by atoms with Gasteiger partial charge in [-0.15, -0.1) is 0 Å². The minimum atomic E-state index is -1.53. The molecule has 0 saturated carbocycles. The maximum atomic E-state index is 12.4. The molecule has 3 rings (SSSR count). The Kier molecular flexibility index (Phi) is 7.60. The fraction of sp³-hybridized carbons (Fsp3) is 0.636. The van der Waals surface area contributed by atoms with E-state index < -0.39 is 17.9 Å². The van der Waals surface area contributed by atoms with Gasteiger partial charge in [0.15, 0.2) is 5.79 Å². The number of esters is 1. The summed E-state index contributed by atoms with van der Waals surface area (Å²) in [5, 5.41) is 13.8. The first kappa shape index (κ1) is 22.1. The van der Waals surface area contributed by atoms with E-state index in [0.29, 0.717) is 18.1 Å². The van der Waals surface area contributed by atoms with Gasteiger partial charge in [-0.2, -0.15) is 0 Å². The van der Waals surface area contributed by atoms with Crippen LogP contribution in [0.15, 0.2) is 36.0 Å². The van der Waals surface area contributed by atoms with E-state index in [9.17, 15) is 14.7 Å². The van der Waals surface area contributed by atoms with E-state index in [1.807, 2.05) is 13.0 Å². The zero-order valence-electron chi connectivity index (χ0n) is 17.1. The predicted octanol–water partition coefficient (Wildman–Crippen LogP) is 3.86. The predicted molar refractivity (Wildman–Crippen MR) is 113 cm³/mol. The number of ether oxygens (including phenoxy) is 2. The number of thioether (sulfide) groups is 1. The third-order valence-corrected chi connectivity index (χ3v) is 6.50. The van der Waals surface area contributed by atoms with Crippen molar-refractivity contribution in [2.24, 2.45) is 5.92 Å². The van der Waals surface area contributed by atoms with Crippen molar-refractivity contribution < 1.29 is 24.2 Å². The molecule has 3 heterocycles. The van der Waals surface area contributed by atoms with Crippen molar-refractivity contribution in [1.29, 1.82) is 0 Å². The minimum Gasteiger partial charge on any atom is -0.459 e. The van der Waals surface area contributed by atoms with Crippen molar-refractivity contribution in [3.05, 3.63) is 36.0 Å². The molecular formula is C22H31NO5S. The number of hydrogen-bond acceptors (Lipinski definition) is 6. The highest BCUT2D eigenvalue weighted by Crippen LogP contribution is 2.36. The summed E-state index contributed by atoms with van der Waals surface area (Å²) in [7, 11) is 0. The summed E-state index contributed by atoms with van der Waals surface area (Å²) in [6.07, 6.45) is 13.2. The van der Waals surface area contributed by atoms with Gasteiger partial charge in [-0.05, 0) is 38.5 Å². The summed E-state index contributed by atoms with van der Waals surface area (Å²) in [4.78, 5) is 24.0. The maximum Gasteiger partial charge on any atom is 0.330 e. The van der Waals surface area contributed by atoms with Gasteiger partial charge in [0.25, 0.3) is 5.24 Å². The summed E-state index contributed by atoms with van der Waals surface area (Å²) in [5.41, 5.74) is 0.961. The third kappa shape index (κ3) is 6.46. The average Bonchev–Trinajstić information content (AvgIpc) is 3.09. The Balaban J connectivity index is 1.78. The zero-order valence-corrected chi connectivity index (χ0v) is 18.0. The number of hydrogen-bond donors (Lipinski definition) is 2. The van der Waals surface area contributed by atoms with Crippen LogP contribution < -0.4 is 5.32 Å². The number of fused-ring (bicyclic) bond motifs is 2. The van der Waals surface area contributed by atoms with E-state index in [4.69, 9.17) is 9.47 Å². The summed E-state index contributed by atoms with van der Waals surface area (Å²) in [6.45, 7) is 4.07. The van der Waals surface area contributed by atoms with E-state index in [1.165, 1.54) is 6.08 Å². The molecule has 160 valence electrons. The second-order valence-corrected chi connectivity index (χ2v) is 9.27. The molecule has 29 heavy (non-hydrogen) atoms. The maximum absolute atomic E-state index is 12.4. The second-order valence-electron chi connectivity index (χ2n) is 8.28. The molecule has 0 spiro atoms. The van der Waals surface area contributed by atoms with Crippen LogP contribution in [-0.4, -0.2) is 46.1 Å². The lowest BCUT2D eigenvalue weighted by molar-refractivity contribution is -0.283. The van der Waals surface area contributed by atoms with Crippen LogP contribution in [0.2, 0.25) is 0 Å². The summed E-state index contributed by atoms with van der Waals surface area (Å²) in [5.74, 6) is -1.10. The topological polar surface area (TPSA) is 84.9 Å². The SMILES string of the molecule is CC1=CC(=O)O[C@@H]2C[C@@H](CC[C@H](C)C=CC=CCC1)O[C@@](O)([C@@H]1CSC(=O)N1)C2. The normalized spacial score (nSPS) is 37.0. The van der Waals surface area contributed by atoms with Gasteiger partial charge in [0, 0.05) is 24.7 Å². The van der Waals surface area contributed by atoms with Gasteiger partial charge in [0.2, 0.25) is 0 Å². The number of amides is 1. The van der Waals surface area contributed by atoms with Crippen LogP contribution in [-0.2, 0) is 14.3 Å². The van der Waals surface area contributed by atoms with Gasteiger partial charge in [-0.1, -0.05) is 48.6 Å². The van der Waals surface area contributed by atoms with Crippen LogP contribution in [0.1, 0.15) is 52.4 Å². The molecule has 2 bridgehead atoms. The lowest BCUT2D eigenvalue weighted by Gasteiger charge is -2.43. The monoisotopic (exact) mass is 421 g/mol. The molecule has 0 aliphatic carbocycles. The smallest absolute Gasteiger partial charge is 0.330 e. The minimum absolute atomic E-state index is 0.159. The summed E-state index contributed by atoms with van der Waals surface area (Å²) >= 11 is 1.14. The summed E-state index contributed by atoms with van der Waals surface area (Å²) in [6, 6.07) is -0.505. The first-order chi connectivity index (χ1) is 13.8. The van der Waals surface area contributed by atoms with Crippen LogP contribution in [0.5, 0.6) is 0 Å². The Morgan fingerprint density at radius 2 is 2.07 bits per heavy atom. The van der Waals surface area contributed by atoms with Crippen LogP contribution in [0.4, 0.5) is 4.79 Å². The first-order valence-corrected chi connectivity index (χ1v) is 11.4. The van der Waals surface area contributed by atoms with Gasteiger partial charge in [-0.25, -0.2) is 4.79 Å². The number of carbonyl (C=O) groups is 2. The summed E-state index contributed by atoms with van der Waals surface area (Å²) < 4.78 is 11.8. The molecule has 2 fully saturated rings. The van der Waals surface area contributed by atoms with Gasteiger partial charge in [0.1, 0.15) is 6.10 Å². The Morgan fingerprint density at radius 1 is 1.24 bits per heavy atom. The molecule has 0 aromatic heterocycles. The van der Waals surface area contributed by atoms with Gasteiger partial charge in [0.05, 0.1) is 12.1 Å². The van der Waals surface area contributed by atoms with E-state index in [1.54, 1.807) is 0 Å². The second kappa shape index (κ2) is 9.96. The molecule has 3 aliphatic rings. The highest BCUT2D eigenvalue weighted by molar-refractivity contribution is 8.14. The van der Waals surface area contributed by atoms with Gasteiger partial charge in [-0.3, -0.25) is 4.79 Å².